The van der Waals surface area contributed by atoms with E-state index in [0.29, 0.717) is 19.6 Å². The van der Waals surface area contributed by atoms with Crippen LogP contribution in [0.3, 0.4) is 0 Å². The molecule has 1 unspecified atom stereocenters. The Morgan fingerprint density at radius 3 is 1.43 bits per heavy atom. The molecule has 0 saturated carbocycles. The molecule has 0 saturated heterocycles. The highest BCUT2D eigenvalue weighted by Gasteiger charge is 2.13. The van der Waals surface area contributed by atoms with Gasteiger partial charge in [-0.15, -0.1) is 0 Å². The van der Waals surface area contributed by atoms with Crippen LogP contribution in [0.5, 0.6) is 0 Å². The number of rotatable bonds is 33. The van der Waals surface area contributed by atoms with E-state index in [2.05, 4.69) is 26.0 Å². The molecular weight excluding hydrogens is 496 g/mol. The molecule has 0 spiro atoms. The van der Waals surface area contributed by atoms with Crippen LogP contribution in [-0.4, -0.2) is 37.0 Å². The maximum atomic E-state index is 12.1. The molecule has 0 amide bonds. The third kappa shape index (κ3) is 31.7. The highest BCUT2D eigenvalue weighted by atomic mass is 16.6. The quantitative estimate of drug-likeness (QED) is 0.0487. The van der Waals surface area contributed by atoms with Crippen molar-refractivity contribution in [3.63, 3.8) is 0 Å². The van der Waals surface area contributed by atoms with Crippen LogP contribution in [0.4, 0.5) is 0 Å². The number of ether oxygens (including phenoxy) is 2. The van der Waals surface area contributed by atoms with Gasteiger partial charge in [0, 0.05) is 13.0 Å². The van der Waals surface area contributed by atoms with Gasteiger partial charge >= 0.3 is 5.97 Å². The predicted molar refractivity (Wildman–Crippen MR) is 173 cm³/mol. The van der Waals surface area contributed by atoms with Crippen molar-refractivity contribution in [3.05, 3.63) is 12.2 Å². The first-order valence-electron chi connectivity index (χ1n) is 17.8. The lowest BCUT2D eigenvalue weighted by Crippen LogP contribution is -2.27. The van der Waals surface area contributed by atoms with E-state index in [1.807, 2.05) is 0 Å². The SMILES string of the molecule is CCCCCCCCC/C=C\CCCCCCCC(=O)OC(CO)COCCCCCCCCCCCCCC. The molecular formula is C36H70O4. The van der Waals surface area contributed by atoms with Crippen LogP contribution in [0, 0.1) is 0 Å². The zero-order valence-corrected chi connectivity index (χ0v) is 27.1. The van der Waals surface area contributed by atoms with Crippen LogP contribution in [0.25, 0.3) is 0 Å². The van der Waals surface area contributed by atoms with Crippen molar-refractivity contribution in [1.29, 1.82) is 0 Å². The smallest absolute Gasteiger partial charge is 0.306 e. The summed E-state index contributed by atoms with van der Waals surface area (Å²) in [5, 5.41) is 9.53. The van der Waals surface area contributed by atoms with Gasteiger partial charge in [0.1, 0.15) is 6.10 Å². The summed E-state index contributed by atoms with van der Waals surface area (Å²) in [7, 11) is 0. The first-order chi connectivity index (χ1) is 19.7. The average molecular weight is 567 g/mol. The van der Waals surface area contributed by atoms with Crippen molar-refractivity contribution in [2.75, 3.05) is 19.8 Å². The number of hydrogen-bond acceptors (Lipinski definition) is 4. The molecule has 0 aromatic rings. The molecule has 4 nitrogen and oxygen atoms in total. The van der Waals surface area contributed by atoms with Gasteiger partial charge in [-0.05, 0) is 38.5 Å². The lowest BCUT2D eigenvalue weighted by Gasteiger charge is -2.15. The number of aliphatic hydroxyl groups excluding tert-OH is 1. The second kappa shape index (κ2) is 34.3. The van der Waals surface area contributed by atoms with E-state index in [1.54, 1.807) is 0 Å². The largest absolute Gasteiger partial charge is 0.457 e. The van der Waals surface area contributed by atoms with Crippen molar-refractivity contribution in [2.24, 2.45) is 0 Å². The summed E-state index contributed by atoms with van der Waals surface area (Å²) >= 11 is 0. The van der Waals surface area contributed by atoms with E-state index in [0.717, 1.165) is 19.3 Å². The molecule has 0 aromatic carbocycles. The summed E-state index contributed by atoms with van der Waals surface area (Å²) in [5.41, 5.74) is 0. The molecule has 0 aliphatic carbocycles. The normalized spacial score (nSPS) is 12.4. The van der Waals surface area contributed by atoms with Crippen molar-refractivity contribution in [3.8, 4) is 0 Å². The fraction of sp³-hybridized carbons (Fsp3) is 0.917. The van der Waals surface area contributed by atoms with Gasteiger partial charge in [-0.2, -0.15) is 0 Å². The topological polar surface area (TPSA) is 55.8 Å². The zero-order chi connectivity index (χ0) is 29.2. The molecule has 1 atom stereocenters. The minimum absolute atomic E-state index is 0.170. The van der Waals surface area contributed by atoms with Gasteiger partial charge in [0.15, 0.2) is 0 Å². The second-order valence-electron chi connectivity index (χ2n) is 11.9. The molecule has 0 aromatic heterocycles. The second-order valence-corrected chi connectivity index (χ2v) is 11.9. The summed E-state index contributed by atoms with van der Waals surface area (Å²) < 4.78 is 11.1. The average Bonchev–Trinajstić information content (AvgIpc) is 2.96. The summed E-state index contributed by atoms with van der Waals surface area (Å²) in [6.45, 7) is 5.35. The molecule has 4 heteroatoms. The van der Waals surface area contributed by atoms with Gasteiger partial charge in [-0.1, -0.05) is 154 Å². The number of unbranched alkanes of at least 4 members (excludes halogenated alkanes) is 23. The number of carbonyl (C=O) groups excluding carboxylic acids is 1. The molecule has 0 aliphatic heterocycles. The Balaban J connectivity index is 3.43. The number of esters is 1. The van der Waals surface area contributed by atoms with E-state index in [-0.39, 0.29) is 12.6 Å². The molecule has 0 bridgehead atoms. The van der Waals surface area contributed by atoms with Crippen LogP contribution in [0.1, 0.15) is 187 Å². The Kier molecular flexibility index (Phi) is 33.6. The van der Waals surface area contributed by atoms with Gasteiger partial charge in [0.2, 0.25) is 0 Å². The van der Waals surface area contributed by atoms with E-state index < -0.39 is 6.10 Å². The summed E-state index contributed by atoms with van der Waals surface area (Å²) in [4.78, 5) is 12.1. The Labute approximate surface area is 250 Å². The number of hydrogen-bond donors (Lipinski definition) is 1. The molecule has 0 rings (SSSR count). The van der Waals surface area contributed by atoms with Crippen LogP contribution in [-0.2, 0) is 14.3 Å². The first kappa shape index (κ1) is 39.1. The highest BCUT2D eigenvalue weighted by molar-refractivity contribution is 5.69. The maximum absolute atomic E-state index is 12.1. The lowest BCUT2D eigenvalue weighted by atomic mass is 10.1. The third-order valence-electron chi connectivity index (χ3n) is 7.84. The number of carbonyl (C=O) groups is 1. The molecule has 0 aliphatic rings. The van der Waals surface area contributed by atoms with E-state index >= 15 is 0 Å². The monoisotopic (exact) mass is 567 g/mol. The van der Waals surface area contributed by atoms with Crippen molar-refractivity contribution < 1.29 is 19.4 Å². The molecule has 0 radical (unpaired) electrons. The predicted octanol–water partition coefficient (Wildman–Crippen LogP) is 11.0. The molecule has 1 N–H and O–H groups in total. The number of allylic oxidation sites excluding steroid dienone is 2. The fourth-order valence-electron chi connectivity index (χ4n) is 5.15. The van der Waals surface area contributed by atoms with Crippen LogP contribution >= 0.6 is 0 Å². The maximum Gasteiger partial charge on any atom is 0.306 e. The Bertz CT molecular complexity index is 519. The molecule has 0 fully saturated rings. The van der Waals surface area contributed by atoms with Gasteiger partial charge < -0.3 is 14.6 Å². The van der Waals surface area contributed by atoms with Crippen molar-refractivity contribution >= 4 is 5.97 Å². The lowest BCUT2D eigenvalue weighted by molar-refractivity contribution is -0.154. The Morgan fingerprint density at radius 1 is 0.575 bits per heavy atom. The van der Waals surface area contributed by atoms with E-state index in [4.69, 9.17) is 9.47 Å². The van der Waals surface area contributed by atoms with Gasteiger partial charge in [0.25, 0.3) is 0 Å². The van der Waals surface area contributed by atoms with Gasteiger partial charge in [-0.25, -0.2) is 0 Å². The zero-order valence-electron chi connectivity index (χ0n) is 27.1. The van der Waals surface area contributed by atoms with Gasteiger partial charge in [0.05, 0.1) is 13.2 Å². The summed E-state index contributed by atoms with van der Waals surface area (Å²) in [5.74, 6) is -0.207. The van der Waals surface area contributed by atoms with E-state index in [9.17, 15) is 9.90 Å². The standard InChI is InChI=1S/C36H70O4/c1-3-5-7-9-11-13-15-17-18-19-20-21-23-25-27-29-31-36(38)40-35(33-37)34-39-32-30-28-26-24-22-16-14-12-10-8-6-4-2/h18-19,35,37H,3-17,20-34H2,1-2H3/b19-18-. The summed E-state index contributed by atoms with van der Waals surface area (Å²) in [6.07, 6.45) is 38.1. The summed E-state index contributed by atoms with van der Waals surface area (Å²) in [6, 6.07) is 0. The van der Waals surface area contributed by atoms with Crippen LogP contribution < -0.4 is 0 Å². The fourth-order valence-corrected chi connectivity index (χ4v) is 5.15. The van der Waals surface area contributed by atoms with Gasteiger partial charge in [-0.3, -0.25) is 4.79 Å². The Hall–Kier alpha value is -0.870. The van der Waals surface area contributed by atoms with Crippen LogP contribution in [0.15, 0.2) is 12.2 Å². The van der Waals surface area contributed by atoms with Crippen molar-refractivity contribution in [2.45, 2.75) is 193 Å². The molecule has 40 heavy (non-hydrogen) atoms. The minimum Gasteiger partial charge on any atom is -0.457 e. The van der Waals surface area contributed by atoms with E-state index in [1.165, 1.54) is 148 Å². The minimum atomic E-state index is -0.530. The molecule has 0 heterocycles. The first-order valence-corrected chi connectivity index (χ1v) is 17.8. The van der Waals surface area contributed by atoms with Crippen molar-refractivity contribution in [1.82, 2.24) is 0 Å². The number of aliphatic hydroxyl groups is 1. The third-order valence-corrected chi connectivity index (χ3v) is 7.84. The Morgan fingerprint density at radius 2 is 0.975 bits per heavy atom. The molecule has 238 valence electrons. The van der Waals surface area contributed by atoms with Crippen LogP contribution in [0.2, 0.25) is 0 Å². The highest BCUT2D eigenvalue weighted by Crippen LogP contribution is 2.13.